The first kappa shape index (κ1) is 37.5. The van der Waals surface area contributed by atoms with Gasteiger partial charge in [0, 0.05) is 11.4 Å². The summed E-state index contributed by atoms with van der Waals surface area (Å²) in [4.78, 5) is 35.2. The van der Waals surface area contributed by atoms with Crippen molar-refractivity contribution in [3.63, 3.8) is 0 Å². The molecule has 0 fully saturated rings. The Labute approximate surface area is 283 Å². The molecule has 48 heavy (non-hydrogen) atoms. The van der Waals surface area contributed by atoms with Gasteiger partial charge in [-0.3, -0.25) is 0 Å². The van der Waals surface area contributed by atoms with E-state index in [1.54, 1.807) is 30.4 Å². The second kappa shape index (κ2) is 16.2. The highest BCUT2D eigenvalue weighted by molar-refractivity contribution is 5.73. The lowest BCUT2D eigenvalue weighted by Crippen LogP contribution is -2.22. The third-order valence-electron chi connectivity index (χ3n) is 8.32. The van der Waals surface area contributed by atoms with Crippen molar-refractivity contribution in [3.05, 3.63) is 132 Å². The van der Waals surface area contributed by atoms with E-state index >= 15 is 0 Å². The quantitative estimate of drug-likeness (QED) is 0.0808. The van der Waals surface area contributed by atoms with E-state index in [4.69, 9.17) is 9.47 Å². The molecule has 0 saturated heterocycles. The molecule has 0 amide bonds. The summed E-state index contributed by atoms with van der Waals surface area (Å²) in [6.45, 7) is 18.1. The number of allylic oxidation sites excluding steroid dienone is 9. The van der Waals surface area contributed by atoms with Gasteiger partial charge in [-0.25, -0.2) is 0 Å². The first-order valence-corrected chi connectivity index (χ1v) is 15.9. The van der Waals surface area contributed by atoms with E-state index in [9.17, 15) is 19.9 Å². The third-order valence-corrected chi connectivity index (χ3v) is 8.32. The van der Waals surface area contributed by atoms with Gasteiger partial charge in [0.2, 0.25) is 0 Å². The number of hydrogen-bond donors (Lipinski definition) is 0. The van der Waals surface area contributed by atoms with E-state index in [-0.39, 0.29) is 51.6 Å². The van der Waals surface area contributed by atoms with Crippen LogP contribution in [0.5, 0.6) is 5.75 Å². The third kappa shape index (κ3) is 9.78. The van der Waals surface area contributed by atoms with Crippen LogP contribution < -0.4 is 9.80 Å². The van der Waals surface area contributed by atoms with Crippen LogP contribution in [0.2, 0.25) is 0 Å². The van der Waals surface area contributed by atoms with Crippen LogP contribution in [0.15, 0.2) is 122 Å². The van der Waals surface area contributed by atoms with E-state index in [1.807, 2.05) is 73.6 Å². The van der Waals surface area contributed by atoms with Gasteiger partial charge in [-0.2, -0.15) is 0 Å². The Morgan fingerprint density at radius 3 is 2.10 bits per heavy atom. The van der Waals surface area contributed by atoms with Crippen molar-refractivity contribution < 1.29 is 9.47 Å². The van der Waals surface area contributed by atoms with Crippen LogP contribution >= 0.6 is 0 Å². The number of ether oxygens (including phenoxy) is 2. The Balaban J connectivity index is 1.90. The second-order valence-corrected chi connectivity index (χ2v) is 13.2. The van der Waals surface area contributed by atoms with Crippen LogP contribution in [0.1, 0.15) is 87.1 Å². The molecule has 0 radical (unpaired) electrons. The normalized spacial score (nSPS) is 14.2. The first-order valence-electron chi connectivity index (χ1n) is 15.9. The highest BCUT2D eigenvalue weighted by Gasteiger charge is 2.23. The van der Waals surface area contributed by atoms with E-state index in [0.717, 1.165) is 40.9 Å². The Morgan fingerprint density at radius 2 is 1.52 bits per heavy atom. The van der Waals surface area contributed by atoms with Crippen molar-refractivity contribution in [1.82, 2.24) is 0 Å². The summed E-state index contributed by atoms with van der Waals surface area (Å²) in [6.07, 6.45) is 12.7. The average molecular weight is 654 g/mol. The minimum Gasteiger partial charge on any atom is -0.754 e. The molecule has 2 aromatic carbocycles. The fourth-order valence-electron chi connectivity index (χ4n) is 4.73. The summed E-state index contributed by atoms with van der Waals surface area (Å²) in [6, 6.07) is 9.00. The van der Waals surface area contributed by atoms with Gasteiger partial charge < -0.3 is 19.7 Å². The van der Waals surface area contributed by atoms with Crippen molar-refractivity contribution in [3.8, 4) is 5.75 Å². The lowest BCUT2D eigenvalue weighted by Gasteiger charge is -2.32. The summed E-state index contributed by atoms with van der Waals surface area (Å²) in [5.74, 6) is 1.17. The molecule has 10 heteroatoms. The number of hydrogen-bond acceptors (Lipinski definition) is 10. The Bertz CT molecular complexity index is 1720. The molecule has 2 aromatic rings. The van der Waals surface area contributed by atoms with Crippen molar-refractivity contribution in [2.24, 2.45) is 15.5 Å². The van der Waals surface area contributed by atoms with Crippen LogP contribution in [-0.4, -0.2) is 5.60 Å². The van der Waals surface area contributed by atoms with Crippen LogP contribution in [0.4, 0.5) is 22.7 Å². The molecule has 0 aromatic heterocycles. The number of anilines is 2. The number of nitrogens with zero attached hydrogens (tertiary/aromatic N) is 4. The van der Waals surface area contributed by atoms with Crippen molar-refractivity contribution in [1.29, 1.82) is 0 Å². The Kier molecular flexibility index (Phi) is 12.7. The van der Waals surface area contributed by atoms with Gasteiger partial charge in [0.05, 0.1) is 12.1 Å². The summed E-state index contributed by atoms with van der Waals surface area (Å²) >= 11 is 0. The zero-order valence-corrected chi connectivity index (χ0v) is 29.3. The Hall–Kier alpha value is -4.96. The highest BCUT2D eigenvalue weighted by atomic mass is 16.5. The highest BCUT2D eigenvalue weighted by Crippen LogP contribution is 2.40. The summed E-state index contributed by atoms with van der Waals surface area (Å²) < 4.78 is 12.2. The molecule has 0 N–H and O–H groups in total. The van der Waals surface area contributed by atoms with Gasteiger partial charge >= 0.3 is 0 Å². The maximum absolute atomic E-state index is 13.3. The number of rotatable bonds is 15. The molecule has 0 spiro atoms. The van der Waals surface area contributed by atoms with Gasteiger partial charge in [0.1, 0.15) is 22.8 Å². The number of benzene rings is 2. The van der Waals surface area contributed by atoms with Gasteiger partial charge in [-0.1, -0.05) is 51.5 Å². The van der Waals surface area contributed by atoms with E-state index in [0.29, 0.717) is 10.8 Å². The maximum atomic E-state index is 13.3. The molecule has 0 atom stereocenters. The van der Waals surface area contributed by atoms with Crippen molar-refractivity contribution >= 4 is 22.7 Å². The molecule has 0 heterocycles. The smallest absolute Gasteiger partial charge is 0.156 e. The SMILES string of the molecule is CCC(C)(C)O/C(C=C(C)C)=C/C=C(\C)C1=CC=C(Oc2ccc(N([O-])c3ccc(C(C)(C)CC)c(N=O)c3)cc2N=O)CC(N=O)=C1. The van der Waals surface area contributed by atoms with Crippen molar-refractivity contribution in [2.45, 2.75) is 92.6 Å². The van der Waals surface area contributed by atoms with Gasteiger partial charge in [0.15, 0.2) is 11.4 Å². The minimum atomic E-state index is -0.335. The molecular formula is C38H45N4O6-. The maximum Gasteiger partial charge on any atom is 0.156 e. The molecule has 1 aliphatic carbocycles. The standard InChI is InChI=1S/C38H45N4O6/c1-10-37(6,7)33-18-14-29(23-34(33)40-44)42(46)30-15-19-36(35(24-30)41-45)47-31-17-13-27(21-28(22-31)39-43)26(5)12-16-32(20-25(3)4)48-38(8,9)11-2/h12-21,23-24H,10-11,22H2,1-9H3/q-1/b26-12+,32-16+. The van der Waals surface area contributed by atoms with Gasteiger partial charge in [0.25, 0.3) is 0 Å². The monoisotopic (exact) mass is 653 g/mol. The predicted molar refractivity (Wildman–Crippen MR) is 195 cm³/mol. The molecule has 3 rings (SSSR count). The fourth-order valence-corrected chi connectivity index (χ4v) is 4.73. The average Bonchev–Trinajstić information content (AvgIpc) is 3.28. The molecule has 10 nitrogen and oxygen atoms in total. The summed E-state index contributed by atoms with van der Waals surface area (Å²) in [5, 5.41) is 23.3. The Morgan fingerprint density at radius 1 is 0.875 bits per heavy atom. The van der Waals surface area contributed by atoms with Crippen LogP contribution in [0.3, 0.4) is 0 Å². The number of nitroso groups, excluding NO2 is 3. The summed E-state index contributed by atoms with van der Waals surface area (Å²) in [7, 11) is 0. The molecule has 0 unspecified atom stereocenters. The van der Waals surface area contributed by atoms with Crippen LogP contribution in [0.25, 0.3) is 0 Å². The molecule has 1 aliphatic rings. The zero-order chi connectivity index (χ0) is 35.6. The molecule has 0 aliphatic heterocycles. The van der Waals surface area contributed by atoms with Gasteiger partial charge in [-0.05, 0) is 140 Å². The molecule has 0 saturated carbocycles. The first-order chi connectivity index (χ1) is 22.7. The lowest BCUT2D eigenvalue weighted by atomic mass is 9.81. The predicted octanol–water partition coefficient (Wildman–Crippen LogP) is 12.1. The zero-order valence-electron chi connectivity index (χ0n) is 29.3. The van der Waals surface area contributed by atoms with Crippen molar-refractivity contribution in [2.75, 3.05) is 5.06 Å². The van der Waals surface area contributed by atoms with E-state index < -0.39 is 0 Å². The van der Waals surface area contributed by atoms with Gasteiger partial charge in [-0.15, -0.1) is 14.7 Å². The van der Waals surface area contributed by atoms with Crippen LogP contribution in [-0.2, 0) is 10.2 Å². The fraction of sp³-hybridized carbons (Fsp3) is 0.368. The molecule has 0 bridgehead atoms. The molecular weight excluding hydrogens is 608 g/mol. The van der Waals surface area contributed by atoms with Crippen LogP contribution in [0, 0.1) is 19.9 Å². The minimum absolute atomic E-state index is 0.0685. The second-order valence-electron chi connectivity index (χ2n) is 13.2. The topological polar surface area (TPSA) is 133 Å². The lowest BCUT2D eigenvalue weighted by molar-refractivity contribution is 0.0387. The largest absolute Gasteiger partial charge is 0.754 e. The van der Waals surface area contributed by atoms with E-state index in [1.165, 1.54) is 24.3 Å². The molecule has 254 valence electrons. The summed E-state index contributed by atoms with van der Waals surface area (Å²) in [5.41, 5.74) is 3.38. The van der Waals surface area contributed by atoms with E-state index in [2.05, 4.69) is 22.5 Å².